The van der Waals surface area contributed by atoms with Gasteiger partial charge >= 0.3 is 6.03 Å². The molecule has 0 bridgehead atoms. The summed E-state index contributed by atoms with van der Waals surface area (Å²) in [5, 5.41) is 0.758. The second-order valence-corrected chi connectivity index (χ2v) is 8.75. The van der Waals surface area contributed by atoms with Crippen LogP contribution in [0.4, 0.5) is 4.79 Å². The number of imide groups is 1. The third-order valence-corrected chi connectivity index (χ3v) is 7.02. The Morgan fingerprint density at radius 2 is 1.87 bits per heavy atom. The number of hydrogen-bond acceptors (Lipinski definition) is 5. The summed E-state index contributed by atoms with van der Waals surface area (Å²) in [5.41, 5.74) is 1.21. The van der Waals surface area contributed by atoms with E-state index in [-0.39, 0.29) is 17.9 Å². The average Bonchev–Trinajstić information content (AvgIpc) is 3.44. The fourth-order valence-electron chi connectivity index (χ4n) is 4.22. The van der Waals surface area contributed by atoms with Gasteiger partial charge in [0, 0.05) is 31.5 Å². The average molecular weight is 436 g/mol. The molecule has 0 saturated carbocycles. The molecule has 8 nitrogen and oxygen atoms in total. The first-order chi connectivity index (χ1) is 15.0. The van der Waals surface area contributed by atoms with Crippen LogP contribution in [0, 0.1) is 12.8 Å². The maximum atomic E-state index is 13.1. The lowest BCUT2D eigenvalue weighted by Crippen LogP contribution is -2.54. The number of carbonyl (C=O) groups is 3. The van der Waals surface area contributed by atoms with Gasteiger partial charge in [-0.3, -0.25) is 14.5 Å². The van der Waals surface area contributed by atoms with Crippen LogP contribution in [0.1, 0.15) is 28.2 Å². The van der Waals surface area contributed by atoms with E-state index < -0.39 is 11.9 Å². The number of thiazole rings is 1. The van der Waals surface area contributed by atoms with Gasteiger partial charge in [-0.15, -0.1) is 0 Å². The predicted octanol–water partition coefficient (Wildman–Crippen LogP) is 2.99. The third-order valence-electron chi connectivity index (χ3n) is 5.86. The van der Waals surface area contributed by atoms with Gasteiger partial charge in [-0.2, -0.15) is 4.99 Å². The smallest absolute Gasteiger partial charge is 0.338 e. The van der Waals surface area contributed by atoms with Crippen molar-refractivity contribution >= 4 is 34.9 Å². The van der Waals surface area contributed by atoms with E-state index in [1.807, 2.05) is 36.0 Å². The maximum Gasteiger partial charge on any atom is 0.350 e. The second kappa shape index (κ2) is 7.73. The third kappa shape index (κ3) is 3.44. The number of piperidine rings is 1. The number of nitrogens with zero attached hydrogens (tertiary/aromatic N) is 5. The summed E-state index contributed by atoms with van der Waals surface area (Å²) in [6.45, 7) is 2.80. The number of amides is 4. The normalized spacial score (nSPS) is 21.5. The number of fused-ring (bicyclic) bond motifs is 1. The van der Waals surface area contributed by atoms with E-state index >= 15 is 0 Å². The lowest BCUT2D eigenvalue weighted by atomic mass is 9.93. The molecule has 1 aliphatic carbocycles. The van der Waals surface area contributed by atoms with Gasteiger partial charge in [0.2, 0.25) is 5.91 Å². The molecular formula is C22H21N5O3S. The Bertz CT molecular complexity index is 1140. The van der Waals surface area contributed by atoms with Crippen LogP contribution in [0.25, 0.3) is 5.13 Å². The Morgan fingerprint density at radius 3 is 2.61 bits per heavy atom. The zero-order chi connectivity index (χ0) is 21.5. The Morgan fingerprint density at radius 1 is 1.13 bits per heavy atom. The molecule has 4 amide bonds. The minimum absolute atomic E-state index is 0.0520. The van der Waals surface area contributed by atoms with Crippen molar-refractivity contribution in [3.63, 3.8) is 0 Å². The van der Waals surface area contributed by atoms with Crippen LogP contribution in [0.5, 0.6) is 0 Å². The maximum absolute atomic E-state index is 13.1. The summed E-state index contributed by atoms with van der Waals surface area (Å²) in [6.07, 6.45) is 11.9. The molecule has 2 aliphatic heterocycles. The van der Waals surface area contributed by atoms with Crippen molar-refractivity contribution in [2.75, 3.05) is 13.1 Å². The van der Waals surface area contributed by atoms with Gasteiger partial charge in [-0.1, -0.05) is 29.6 Å². The topological polar surface area (TPSA) is 87.9 Å². The van der Waals surface area contributed by atoms with E-state index in [1.165, 1.54) is 16.2 Å². The van der Waals surface area contributed by atoms with Gasteiger partial charge in [-0.25, -0.2) is 9.78 Å². The van der Waals surface area contributed by atoms with Gasteiger partial charge < -0.3 is 9.47 Å². The number of aromatic nitrogens is 2. The highest BCUT2D eigenvalue weighted by Crippen LogP contribution is 2.28. The Labute approximate surface area is 183 Å². The Hall–Kier alpha value is -3.33. The SMILES string of the molecule is Cc1nc(-n2cccc2)sc1C(=O)N1CCC(N2C(=O)N=C3C=CC=CC3C2=O)CC1. The van der Waals surface area contributed by atoms with Gasteiger partial charge in [0.1, 0.15) is 4.88 Å². The molecule has 1 atom stereocenters. The molecule has 4 heterocycles. The minimum Gasteiger partial charge on any atom is -0.338 e. The number of rotatable bonds is 3. The number of hydrogen-bond donors (Lipinski definition) is 0. The number of likely N-dealkylation sites (tertiary alicyclic amines) is 1. The minimum atomic E-state index is -0.504. The fraction of sp³-hybridized carbons (Fsp3) is 0.318. The summed E-state index contributed by atoms with van der Waals surface area (Å²) in [6, 6.07) is 3.08. The molecule has 0 spiro atoms. The highest BCUT2D eigenvalue weighted by atomic mass is 32.1. The molecule has 0 aromatic carbocycles. The highest BCUT2D eigenvalue weighted by molar-refractivity contribution is 7.16. The summed E-state index contributed by atoms with van der Waals surface area (Å²) in [7, 11) is 0. The molecule has 2 aromatic rings. The van der Waals surface area contributed by atoms with Crippen LogP contribution >= 0.6 is 11.3 Å². The second-order valence-electron chi connectivity index (χ2n) is 7.77. The zero-order valence-corrected chi connectivity index (χ0v) is 17.8. The number of urea groups is 1. The van der Waals surface area contributed by atoms with E-state index in [4.69, 9.17) is 0 Å². The van der Waals surface area contributed by atoms with Crippen LogP contribution in [-0.4, -0.2) is 62.0 Å². The quantitative estimate of drug-likeness (QED) is 0.742. The Balaban J connectivity index is 1.28. The fourth-order valence-corrected chi connectivity index (χ4v) is 5.22. The van der Waals surface area contributed by atoms with Gasteiger partial charge in [0.25, 0.3) is 5.91 Å². The molecule has 3 aliphatic rings. The summed E-state index contributed by atoms with van der Waals surface area (Å²) in [5.74, 6) is -0.770. The van der Waals surface area contributed by atoms with Crippen molar-refractivity contribution in [1.29, 1.82) is 0 Å². The number of aryl methyl sites for hydroxylation is 1. The molecule has 2 aromatic heterocycles. The van der Waals surface area contributed by atoms with Crippen molar-refractivity contribution in [3.8, 4) is 5.13 Å². The van der Waals surface area contributed by atoms with E-state index in [1.54, 1.807) is 29.2 Å². The van der Waals surface area contributed by atoms with Crippen molar-refractivity contribution < 1.29 is 14.4 Å². The molecule has 0 N–H and O–H groups in total. The molecule has 9 heteroatoms. The molecule has 1 fully saturated rings. The van der Waals surface area contributed by atoms with Crippen LogP contribution in [-0.2, 0) is 4.79 Å². The number of aliphatic imine (C=N–C) groups is 1. The van der Waals surface area contributed by atoms with Gasteiger partial charge in [-0.05, 0) is 38.0 Å². The molecule has 158 valence electrons. The lowest BCUT2D eigenvalue weighted by molar-refractivity contribution is -0.131. The summed E-state index contributed by atoms with van der Waals surface area (Å²) < 4.78 is 1.89. The van der Waals surface area contributed by atoms with E-state index in [0.717, 1.165) is 5.13 Å². The van der Waals surface area contributed by atoms with Crippen LogP contribution in [0.3, 0.4) is 0 Å². The lowest BCUT2D eigenvalue weighted by Gasteiger charge is -2.39. The standard InChI is InChI=1S/C22H21N5O3S/c1-14-18(31-22(23-14)26-10-4-5-11-26)20(29)25-12-8-15(9-13-25)27-19(28)16-6-2-3-7-17(16)24-21(27)30/h2-7,10-11,15-16H,8-9,12-13H2,1H3. The van der Waals surface area contributed by atoms with Crippen molar-refractivity contribution in [2.45, 2.75) is 25.8 Å². The first-order valence-electron chi connectivity index (χ1n) is 10.2. The monoisotopic (exact) mass is 435 g/mol. The van der Waals surface area contributed by atoms with Gasteiger partial charge in [0.05, 0.1) is 17.3 Å². The predicted molar refractivity (Wildman–Crippen MR) is 117 cm³/mol. The van der Waals surface area contributed by atoms with Crippen LogP contribution in [0.2, 0.25) is 0 Å². The summed E-state index contributed by atoms with van der Waals surface area (Å²) in [4.78, 5) is 50.9. The molecular weight excluding hydrogens is 414 g/mol. The molecule has 31 heavy (non-hydrogen) atoms. The van der Waals surface area contributed by atoms with Gasteiger partial charge in [0.15, 0.2) is 5.13 Å². The highest BCUT2D eigenvalue weighted by Gasteiger charge is 2.41. The van der Waals surface area contributed by atoms with E-state index in [9.17, 15) is 14.4 Å². The van der Waals surface area contributed by atoms with Crippen molar-refractivity contribution in [3.05, 3.63) is 59.4 Å². The zero-order valence-electron chi connectivity index (χ0n) is 17.0. The number of allylic oxidation sites excluding steroid dienone is 3. The van der Waals surface area contributed by atoms with Crippen LogP contribution < -0.4 is 0 Å². The molecule has 1 saturated heterocycles. The number of carbonyl (C=O) groups excluding carboxylic acids is 3. The molecule has 1 unspecified atom stereocenters. The first kappa shape index (κ1) is 19.6. The van der Waals surface area contributed by atoms with E-state index in [2.05, 4.69) is 9.98 Å². The summed E-state index contributed by atoms with van der Waals surface area (Å²) >= 11 is 1.37. The van der Waals surface area contributed by atoms with Crippen molar-refractivity contribution in [2.24, 2.45) is 10.9 Å². The van der Waals surface area contributed by atoms with E-state index in [0.29, 0.717) is 42.2 Å². The van der Waals surface area contributed by atoms with Crippen LogP contribution in [0.15, 0.2) is 53.8 Å². The Kier molecular flexibility index (Phi) is 4.90. The molecule has 5 rings (SSSR count). The molecule has 0 radical (unpaired) electrons. The largest absolute Gasteiger partial charge is 0.350 e. The van der Waals surface area contributed by atoms with Crippen molar-refractivity contribution in [1.82, 2.24) is 19.4 Å². The first-order valence-corrected chi connectivity index (χ1v) is 11.0.